The summed E-state index contributed by atoms with van der Waals surface area (Å²) < 4.78 is 5.49. The molecular formula is C23H36N6O3. The molecule has 1 unspecified atom stereocenters. The van der Waals surface area contributed by atoms with Crippen LogP contribution in [0.25, 0.3) is 0 Å². The van der Waals surface area contributed by atoms with Crippen LogP contribution in [0.4, 0.5) is 0 Å². The third-order valence-corrected chi connectivity index (χ3v) is 5.97. The van der Waals surface area contributed by atoms with Gasteiger partial charge in [-0.2, -0.15) is 0 Å². The first-order chi connectivity index (χ1) is 15.5. The lowest BCUT2D eigenvalue weighted by Crippen LogP contribution is -2.52. The first-order valence-electron chi connectivity index (χ1n) is 11.4. The first kappa shape index (κ1) is 24.0. The third-order valence-electron chi connectivity index (χ3n) is 5.97. The number of piperazine rings is 1. The number of hydrogen-bond acceptors (Lipinski definition) is 5. The molecule has 2 heterocycles. The average Bonchev–Trinajstić information content (AvgIpc) is 2.81. The third kappa shape index (κ3) is 6.67. The normalized spacial score (nSPS) is 18.9. The number of benzene rings is 1. The molecule has 2 saturated heterocycles. The summed E-state index contributed by atoms with van der Waals surface area (Å²) in [6, 6.07) is 7.91. The maximum atomic E-state index is 12.6. The highest BCUT2D eigenvalue weighted by Crippen LogP contribution is 2.12. The van der Waals surface area contributed by atoms with Crippen LogP contribution in [0.2, 0.25) is 0 Å². The number of nitrogens with one attached hydrogen (secondary N) is 3. The van der Waals surface area contributed by atoms with Gasteiger partial charge in [0.05, 0.1) is 19.8 Å². The largest absolute Gasteiger partial charge is 0.379 e. The molecule has 176 valence electrons. The number of carbonyl (C=O) groups excluding carboxylic acids is 2. The number of nitrogens with zero attached hydrogens (tertiary/aromatic N) is 3. The van der Waals surface area contributed by atoms with E-state index < -0.39 is 0 Å². The topological polar surface area (TPSA) is 98.3 Å². The van der Waals surface area contributed by atoms with E-state index in [1.54, 1.807) is 11.9 Å². The van der Waals surface area contributed by atoms with Gasteiger partial charge in [-0.3, -0.25) is 19.5 Å². The van der Waals surface area contributed by atoms with E-state index in [0.717, 1.165) is 44.4 Å². The summed E-state index contributed by atoms with van der Waals surface area (Å²) in [6.45, 7) is 10.6. The Kier molecular flexibility index (Phi) is 8.87. The van der Waals surface area contributed by atoms with Crippen LogP contribution < -0.4 is 16.0 Å². The van der Waals surface area contributed by atoms with Crippen molar-refractivity contribution in [2.24, 2.45) is 10.9 Å². The van der Waals surface area contributed by atoms with Gasteiger partial charge in [-0.05, 0) is 23.6 Å². The van der Waals surface area contributed by atoms with Crippen molar-refractivity contribution in [3.8, 4) is 0 Å². The second kappa shape index (κ2) is 11.8. The fourth-order valence-electron chi connectivity index (χ4n) is 4.06. The lowest BCUT2D eigenvalue weighted by atomic mass is 10.0. The van der Waals surface area contributed by atoms with Crippen LogP contribution in [0.5, 0.6) is 0 Å². The molecule has 0 aliphatic carbocycles. The molecule has 3 N–H and O–H groups in total. The zero-order valence-corrected chi connectivity index (χ0v) is 19.4. The van der Waals surface area contributed by atoms with Crippen LogP contribution in [-0.4, -0.2) is 93.1 Å². The Morgan fingerprint density at radius 2 is 1.88 bits per heavy atom. The number of aliphatic imine (C=N–C) groups is 1. The van der Waals surface area contributed by atoms with E-state index in [2.05, 4.69) is 39.7 Å². The lowest BCUT2D eigenvalue weighted by molar-refractivity contribution is -0.123. The Morgan fingerprint density at radius 3 is 2.50 bits per heavy atom. The van der Waals surface area contributed by atoms with E-state index in [1.165, 1.54) is 0 Å². The van der Waals surface area contributed by atoms with E-state index >= 15 is 0 Å². The standard InChI is InChI=1S/C23H36N6O3/c1-17(2)20(28-10-12-32-13-11-28)15-27-23(24-3)26-14-18-4-6-19(7-5-18)22(31)29-9-8-25-21(30)16-29/h4-7,17,20H,8-16H2,1-3H3,(H,25,30)(H2,24,26,27). The van der Waals surface area contributed by atoms with E-state index in [-0.39, 0.29) is 18.4 Å². The lowest BCUT2D eigenvalue weighted by Gasteiger charge is -2.37. The Hall–Kier alpha value is -2.65. The number of guanidine groups is 1. The molecule has 0 radical (unpaired) electrons. The summed E-state index contributed by atoms with van der Waals surface area (Å²) in [5.41, 5.74) is 1.64. The highest BCUT2D eigenvalue weighted by molar-refractivity contribution is 5.97. The molecule has 3 rings (SSSR count). The minimum atomic E-state index is -0.113. The molecule has 1 aromatic rings. The molecule has 2 aliphatic heterocycles. The number of amides is 2. The van der Waals surface area contributed by atoms with Crippen molar-refractivity contribution < 1.29 is 14.3 Å². The highest BCUT2D eigenvalue weighted by Gasteiger charge is 2.24. The van der Waals surface area contributed by atoms with Crippen molar-refractivity contribution in [3.05, 3.63) is 35.4 Å². The zero-order chi connectivity index (χ0) is 22.9. The Labute approximate surface area is 190 Å². The molecule has 2 amide bonds. The summed E-state index contributed by atoms with van der Waals surface area (Å²) in [5.74, 6) is 1.05. The van der Waals surface area contributed by atoms with Crippen molar-refractivity contribution in [1.29, 1.82) is 0 Å². The number of carbonyl (C=O) groups is 2. The molecule has 9 heteroatoms. The van der Waals surface area contributed by atoms with Gasteiger partial charge >= 0.3 is 0 Å². The smallest absolute Gasteiger partial charge is 0.254 e. The van der Waals surface area contributed by atoms with Gasteiger partial charge in [0.2, 0.25) is 5.91 Å². The second-order valence-electron chi connectivity index (χ2n) is 8.54. The first-order valence-corrected chi connectivity index (χ1v) is 11.4. The fraction of sp³-hybridized carbons (Fsp3) is 0.609. The number of hydrogen-bond donors (Lipinski definition) is 3. The van der Waals surface area contributed by atoms with Gasteiger partial charge in [0.15, 0.2) is 5.96 Å². The van der Waals surface area contributed by atoms with Crippen LogP contribution in [0.15, 0.2) is 29.3 Å². The van der Waals surface area contributed by atoms with Gasteiger partial charge in [-0.15, -0.1) is 0 Å². The molecule has 0 bridgehead atoms. The SMILES string of the molecule is CN=C(NCc1ccc(C(=O)N2CCNC(=O)C2)cc1)NCC(C(C)C)N1CCOCC1. The van der Waals surface area contributed by atoms with E-state index in [4.69, 9.17) is 4.74 Å². The maximum Gasteiger partial charge on any atom is 0.254 e. The summed E-state index contributed by atoms with van der Waals surface area (Å²) in [4.78, 5) is 32.5. The van der Waals surface area contributed by atoms with Crippen LogP contribution in [-0.2, 0) is 16.1 Å². The Morgan fingerprint density at radius 1 is 1.16 bits per heavy atom. The minimum Gasteiger partial charge on any atom is -0.379 e. The van der Waals surface area contributed by atoms with Crippen molar-refractivity contribution in [2.45, 2.75) is 26.4 Å². The van der Waals surface area contributed by atoms with E-state index in [9.17, 15) is 9.59 Å². The van der Waals surface area contributed by atoms with Crippen LogP contribution in [0.1, 0.15) is 29.8 Å². The highest BCUT2D eigenvalue weighted by atomic mass is 16.5. The van der Waals surface area contributed by atoms with Crippen LogP contribution >= 0.6 is 0 Å². The van der Waals surface area contributed by atoms with Gasteiger partial charge in [0.1, 0.15) is 0 Å². The summed E-state index contributed by atoms with van der Waals surface area (Å²) >= 11 is 0. The number of ether oxygens (including phenoxy) is 1. The molecule has 1 aromatic carbocycles. The van der Waals surface area contributed by atoms with Crippen LogP contribution in [0.3, 0.4) is 0 Å². The molecule has 2 fully saturated rings. The van der Waals surface area contributed by atoms with Crippen molar-refractivity contribution >= 4 is 17.8 Å². The Bertz CT molecular complexity index is 789. The molecule has 32 heavy (non-hydrogen) atoms. The summed E-state index contributed by atoms with van der Waals surface area (Å²) in [6.07, 6.45) is 0. The molecule has 0 spiro atoms. The molecule has 0 saturated carbocycles. The van der Waals surface area contributed by atoms with Gasteiger partial charge in [0.25, 0.3) is 5.91 Å². The Balaban J connectivity index is 1.49. The monoisotopic (exact) mass is 444 g/mol. The van der Waals surface area contributed by atoms with E-state index in [0.29, 0.717) is 37.2 Å². The maximum absolute atomic E-state index is 12.6. The van der Waals surface area contributed by atoms with E-state index in [1.807, 2.05) is 24.3 Å². The van der Waals surface area contributed by atoms with Gasteiger partial charge in [-0.25, -0.2) is 0 Å². The number of rotatable bonds is 7. The number of morpholine rings is 1. The fourth-order valence-corrected chi connectivity index (χ4v) is 4.06. The summed E-state index contributed by atoms with van der Waals surface area (Å²) in [5, 5.41) is 9.54. The average molecular weight is 445 g/mol. The predicted octanol–water partition coefficient (Wildman–Crippen LogP) is 0.280. The quantitative estimate of drug-likeness (QED) is 0.413. The molecule has 9 nitrogen and oxygen atoms in total. The molecule has 1 atom stereocenters. The molecule has 2 aliphatic rings. The van der Waals surface area contributed by atoms with Crippen molar-refractivity contribution in [3.63, 3.8) is 0 Å². The van der Waals surface area contributed by atoms with Gasteiger partial charge in [0, 0.05) is 57.9 Å². The van der Waals surface area contributed by atoms with Crippen LogP contribution in [0, 0.1) is 5.92 Å². The van der Waals surface area contributed by atoms with Crippen molar-refractivity contribution in [1.82, 2.24) is 25.8 Å². The van der Waals surface area contributed by atoms with Gasteiger partial charge < -0.3 is 25.6 Å². The summed E-state index contributed by atoms with van der Waals surface area (Å²) in [7, 11) is 1.77. The second-order valence-corrected chi connectivity index (χ2v) is 8.54. The van der Waals surface area contributed by atoms with Crippen molar-refractivity contribution in [2.75, 3.05) is 59.5 Å². The zero-order valence-electron chi connectivity index (χ0n) is 19.4. The predicted molar refractivity (Wildman–Crippen MR) is 125 cm³/mol. The minimum absolute atomic E-state index is 0.111. The van der Waals surface area contributed by atoms with Gasteiger partial charge in [-0.1, -0.05) is 26.0 Å². The molecular weight excluding hydrogens is 408 g/mol. The molecule has 0 aromatic heterocycles.